The molecule has 2 aromatic rings. The van der Waals surface area contributed by atoms with Gasteiger partial charge in [-0.1, -0.05) is 31.9 Å². The maximum atomic E-state index is 11.3. The summed E-state index contributed by atoms with van der Waals surface area (Å²) in [7, 11) is 0. The molecule has 0 spiro atoms. The summed E-state index contributed by atoms with van der Waals surface area (Å²) < 4.78 is 0.379. The molecule has 0 radical (unpaired) electrons. The first kappa shape index (κ1) is 13.9. The van der Waals surface area contributed by atoms with Crippen LogP contribution in [0.5, 0.6) is 0 Å². The number of anilines is 1. The highest BCUT2D eigenvalue weighted by Crippen LogP contribution is 2.31. The van der Waals surface area contributed by atoms with E-state index in [0.717, 1.165) is 16.0 Å². The Morgan fingerprint density at radius 1 is 1.50 bits per heavy atom. The molecular weight excluding hydrogens is 382 g/mol. The lowest BCUT2D eigenvalue weighted by Gasteiger charge is -2.17. The Morgan fingerprint density at radius 2 is 2.28 bits per heavy atom. The number of carbonyl (C=O) groups is 1. The fourth-order valence-corrected chi connectivity index (χ4v) is 2.64. The Morgan fingerprint density at radius 3 is 3.00 bits per heavy atom. The van der Waals surface area contributed by atoms with Crippen molar-refractivity contribution < 1.29 is 4.79 Å². The molecule has 0 atom stereocenters. The van der Waals surface area contributed by atoms with Crippen molar-refractivity contribution in [2.45, 2.75) is 16.6 Å². The first-order chi connectivity index (χ1) is 8.50. The zero-order valence-electron chi connectivity index (χ0n) is 9.61. The number of fused-ring (bicyclic) bond motifs is 1. The number of carbonyl (C=O) groups excluding carboxylic acids is 1. The van der Waals surface area contributed by atoms with E-state index < -0.39 is 3.23 Å². The number of thiophene rings is 1. The van der Waals surface area contributed by atoms with Crippen LogP contribution in [0.2, 0.25) is 0 Å². The lowest BCUT2D eigenvalue weighted by molar-refractivity contribution is -0.117. The third-order valence-corrected chi connectivity index (χ3v) is 5.31. The van der Waals surface area contributed by atoms with Crippen molar-refractivity contribution in [2.75, 3.05) is 11.9 Å². The monoisotopic (exact) mass is 391 g/mol. The van der Waals surface area contributed by atoms with E-state index in [4.69, 9.17) is 0 Å². The van der Waals surface area contributed by atoms with E-state index in [0.29, 0.717) is 13.0 Å². The SMILES string of the molecule is CC(=O)C(Br)(Br)CCNc1ncnc2ccsc12. The summed E-state index contributed by atoms with van der Waals surface area (Å²) >= 11 is 8.32. The van der Waals surface area contributed by atoms with Crippen LogP contribution in [0.4, 0.5) is 5.82 Å². The van der Waals surface area contributed by atoms with Crippen LogP contribution < -0.4 is 5.32 Å². The van der Waals surface area contributed by atoms with Crippen LogP contribution in [0.15, 0.2) is 17.8 Å². The van der Waals surface area contributed by atoms with Gasteiger partial charge in [0, 0.05) is 6.54 Å². The maximum absolute atomic E-state index is 11.3. The molecule has 4 nitrogen and oxygen atoms in total. The van der Waals surface area contributed by atoms with Crippen molar-refractivity contribution >= 4 is 65.0 Å². The number of aromatic nitrogens is 2. The standard InChI is InChI=1S/C11H11Br2N3OS/c1-7(17)11(12,13)3-4-14-10-9-8(2-5-18-9)15-6-16-10/h2,5-6H,3-4H2,1H3,(H,14,15,16). The molecule has 2 aromatic heterocycles. The molecule has 0 saturated carbocycles. The molecule has 0 aliphatic rings. The predicted octanol–water partition coefficient (Wildman–Crippen LogP) is 3.57. The van der Waals surface area contributed by atoms with Gasteiger partial charge in [-0.05, 0) is 24.8 Å². The molecule has 0 unspecified atom stereocenters. The summed E-state index contributed by atoms with van der Waals surface area (Å²) in [5.74, 6) is 0.864. The third kappa shape index (κ3) is 3.07. The average molecular weight is 393 g/mol. The van der Waals surface area contributed by atoms with E-state index in [9.17, 15) is 4.79 Å². The lowest BCUT2D eigenvalue weighted by atomic mass is 10.2. The topological polar surface area (TPSA) is 54.9 Å². The van der Waals surface area contributed by atoms with Crippen LogP contribution in [0.25, 0.3) is 10.2 Å². The molecule has 7 heteroatoms. The van der Waals surface area contributed by atoms with Gasteiger partial charge in [-0.3, -0.25) is 4.79 Å². The van der Waals surface area contributed by atoms with Gasteiger partial charge in [0.15, 0.2) is 5.78 Å². The first-order valence-electron chi connectivity index (χ1n) is 5.31. The molecular formula is C11H11Br2N3OS. The van der Waals surface area contributed by atoms with Crippen molar-refractivity contribution in [2.24, 2.45) is 0 Å². The molecule has 0 fully saturated rings. The van der Waals surface area contributed by atoms with E-state index in [2.05, 4.69) is 47.1 Å². The molecule has 2 heterocycles. The number of Topliss-reactive ketones (excluding diaryl/α,β-unsaturated/α-hetero) is 1. The maximum Gasteiger partial charge on any atom is 0.157 e. The number of ketones is 1. The molecule has 0 aliphatic carbocycles. The number of nitrogens with one attached hydrogen (secondary N) is 1. The largest absolute Gasteiger partial charge is 0.369 e. The minimum Gasteiger partial charge on any atom is -0.369 e. The normalized spacial score (nSPS) is 11.7. The number of hydrogen-bond donors (Lipinski definition) is 1. The van der Waals surface area contributed by atoms with Gasteiger partial charge in [0.05, 0.1) is 10.2 Å². The number of halogens is 2. The summed E-state index contributed by atoms with van der Waals surface area (Å²) in [5, 5.41) is 5.22. The molecule has 0 bridgehead atoms. The molecule has 0 amide bonds. The molecule has 18 heavy (non-hydrogen) atoms. The van der Waals surface area contributed by atoms with Gasteiger partial charge in [-0.25, -0.2) is 9.97 Å². The van der Waals surface area contributed by atoms with E-state index in [1.807, 2.05) is 11.4 Å². The van der Waals surface area contributed by atoms with Crippen LogP contribution in [0.1, 0.15) is 13.3 Å². The number of alkyl halides is 2. The van der Waals surface area contributed by atoms with Gasteiger partial charge >= 0.3 is 0 Å². The van der Waals surface area contributed by atoms with Crippen LogP contribution in [0, 0.1) is 0 Å². The Balaban J connectivity index is 2.03. The molecule has 96 valence electrons. The molecule has 0 aliphatic heterocycles. The van der Waals surface area contributed by atoms with Gasteiger partial charge in [0.2, 0.25) is 0 Å². The molecule has 2 rings (SSSR count). The van der Waals surface area contributed by atoms with Gasteiger partial charge in [0.1, 0.15) is 15.4 Å². The Labute approximate surface area is 125 Å². The number of nitrogens with zero attached hydrogens (tertiary/aromatic N) is 2. The molecule has 0 saturated heterocycles. The molecule has 1 N–H and O–H groups in total. The fraction of sp³-hybridized carbons (Fsp3) is 0.364. The van der Waals surface area contributed by atoms with E-state index >= 15 is 0 Å². The third-order valence-electron chi connectivity index (χ3n) is 2.49. The lowest BCUT2D eigenvalue weighted by Crippen LogP contribution is -2.25. The zero-order chi connectivity index (χ0) is 13.2. The van der Waals surface area contributed by atoms with Gasteiger partial charge in [-0.15, -0.1) is 11.3 Å². The van der Waals surface area contributed by atoms with E-state index in [-0.39, 0.29) is 5.78 Å². The van der Waals surface area contributed by atoms with Crippen LogP contribution in [0.3, 0.4) is 0 Å². The summed E-state index contributed by atoms with van der Waals surface area (Å²) in [5.41, 5.74) is 0.938. The number of hydrogen-bond acceptors (Lipinski definition) is 5. The van der Waals surface area contributed by atoms with Gasteiger partial charge < -0.3 is 5.32 Å². The van der Waals surface area contributed by atoms with Crippen molar-refractivity contribution in [1.29, 1.82) is 0 Å². The second-order valence-electron chi connectivity index (χ2n) is 3.79. The zero-order valence-corrected chi connectivity index (χ0v) is 13.6. The quantitative estimate of drug-likeness (QED) is 0.790. The second kappa shape index (κ2) is 5.63. The summed E-state index contributed by atoms with van der Waals surface area (Å²) in [6.45, 7) is 2.19. The fourth-order valence-electron chi connectivity index (χ4n) is 1.43. The predicted molar refractivity (Wildman–Crippen MR) is 81.8 cm³/mol. The Kier molecular flexibility index (Phi) is 4.34. The van der Waals surface area contributed by atoms with Crippen molar-refractivity contribution in [1.82, 2.24) is 9.97 Å². The van der Waals surface area contributed by atoms with Gasteiger partial charge in [0.25, 0.3) is 0 Å². The Hall–Kier alpha value is -0.530. The van der Waals surface area contributed by atoms with Crippen molar-refractivity contribution in [3.8, 4) is 0 Å². The first-order valence-corrected chi connectivity index (χ1v) is 7.78. The average Bonchev–Trinajstić information content (AvgIpc) is 2.77. The highest BCUT2D eigenvalue weighted by Gasteiger charge is 2.27. The molecule has 0 aromatic carbocycles. The van der Waals surface area contributed by atoms with E-state index in [1.165, 1.54) is 6.33 Å². The van der Waals surface area contributed by atoms with E-state index in [1.54, 1.807) is 18.3 Å². The van der Waals surface area contributed by atoms with Crippen LogP contribution >= 0.6 is 43.2 Å². The minimum atomic E-state index is -0.658. The van der Waals surface area contributed by atoms with Crippen molar-refractivity contribution in [3.63, 3.8) is 0 Å². The minimum absolute atomic E-state index is 0.0493. The van der Waals surface area contributed by atoms with Crippen molar-refractivity contribution in [3.05, 3.63) is 17.8 Å². The summed E-state index contributed by atoms with van der Waals surface area (Å²) in [4.78, 5) is 19.7. The van der Waals surface area contributed by atoms with Crippen LogP contribution in [-0.2, 0) is 4.79 Å². The van der Waals surface area contributed by atoms with Gasteiger partial charge in [-0.2, -0.15) is 0 Å². The van der Waals surface area contributed by atoms with Crippen LogP contribution in [-0.4, -0.2) is 25.5 Å². The summed E-state index contributed by atoms with van der Waals surface area (Å²) in [6.07, 6.45) is 2.16. The smallest absolute Gasteiger partial charge is 0.157 e. The highest BCUT2D eigenvalue weighted by atomic mass is 79.9. The second-order valence-corrected chi connectivity index (χ2v) is 8.48. The summed E-state index contributed by atoms with van der Waals surface area (Å²) in [6, 6.07) is 1.96. The number of rotatable bonds is 5. The highest BCUT2D eigenvalue weighted by molar-refractivity contribution is 9.25. The Bertz CT molecular complexity index is 570.